The first-order valence-electron chi connectivity index (χ1n) is 7.96. The Hall–Kier alpha value is -2.73. The predicted molar refractivity (Wildman–Crippen MR) is 93.4 cm³/mol. The first kappa shape index (κ1) is 17.1. The van der Waals surface area contributed by atoms with Crippen LogP contribution in [-0.4, -0.2) is 27.4 Å². The molecule has 25 heavy (non-hydrogen) atoms. The highest BCUT2D eigenvalue weighted by molar-refractivity contribution is 5.77. The van der Waals surface area contributed by atoms with Crippen molar-refractivity contribution in [3.63, 3.8) is 0 Å². The van der Waals surface area contributed by atoms with E-state index in [1.54, 1.807) is 0 Å². The van der Waals surface area contributed by atoms with Gasteiger partial charge in [0.15, 0.2) is 0 Å². The molecular weight excluding hydrogens is 323 g/mol. The number of hydrogen-bond acceptors (Lipinski definition) is 4. The fraction of sp³-hybridized carbons (Fsp3) is 0.263. The van der Waals surface area contributed by atoms with Crippen LogP contribution in [0, 0.1) is 19.7 Å². The van der Waals surface area contributed by atoms with Gasteiger partial charge in [0, 0.05) is 6.07 Å². The van der Waals surface area contributed by atoms with Gasteiger partial charge in [0.05, 0.1) is 23.8 Å². The SMILES string of the molecule is Cc1cc(C)cc(OCC(O)Cn2cnc3cc(F)ccc3c2=O)c1. The summed E-state index contributed by atoms with van der Waals surface area (Å²) >= 11 is 0. The van der Waals surface area contributed by atoms with Crippen LogP contribution in [0.4, 0.5) is 4.39 Å². The van der Waals surface area contributed by atoms with E-state index in [4.69, 9.17) is 4.74 Å². The molecule has 1 atom stereocenters. The monoisotopic (exact) mass is 342 g/mol. The van der Waals surface area contributed by atoms with Gasteiger partial charge in [0.25, 0.3) is 5.56 Å². The molecule has 0 spiro atoms. The molecule has 3 aromatic rings. The van der Waals surface area contributed by atoms with Crippen molar-refractivity contribution >= 4 is 10.9 Å². The van der Waals surface area contributed by atoms with Crippen LogP contribution >= 0.6 is 0 Å². The number of hydrogen-bond donors (Lipinski definition) is 1. The van der Waals surface area contributed by atoms with E-state index in [0.717, 1.165) is 11.1 Å². The highest BCUT2D eigenvalue weighted by Gasteiger charge is 2.11. The summed E-state index contributed by atoms with van der Waals surface area (Å²) in [6.07, 6.45) is 0.433. The van der Waals surface area contributed by atoms with Crippen molar-refractivity contribution in [2.75, 3.05) is 6.61 Å². The Bertz CT molecular complexity index is 948. The molecule has 130 valence electrons. The van der Waals surface area contributed by atoms with Crippen LogP contribution < -0.4 is 10.3 Å². The van der Waals surface area contributed by atoms with Crippen molar-refractivity contribution < 1.29 is 14.2 Å². The summed E-state index contributed by atoms with van der Waals surface area (Å²) in [7, 11) is 0. The number of ether oxygens (including phenoxy) is 1. The first-order chi connectivity index (χ1) is 11.9. The van der Waals surface area contributed by atoms with Crippen LogP contribution in [0.3, 0.4) is 0 Å². The van der Waals surface area contributed by atoms with Crippen molar-refractivity contribution in [3.8, 4) is 5.75 Å². The van der Waals surface area contributed by atoms with Crippen molar-refractivity contribution in [1.29, 1.82) is 0 Å². The molecule has 1 N–H and O–H groups in total. The Kier molecular flexibility index (Phi) is 4.81. The van der Waals surface area contributed by atoms with Gasteiger partial charge in [-0.25, -0.2) is 9.37 Å². The largest absolute Gasteiger partial charge is 0.491 e. The molecule has 1 aromatic heterocycles. The number of aliphatic hydroxyl groups is 1. The lowest BCUT2D eigenvalue weighted by molar-refractivity contribution is 0.0914. The lowest BCUT2D eigenvalue weighted by atomic mass is 10.1. The third-order valence-corrected chi connectivity index (χ3v) is 3.83. The highest BCUT2D eigenvalue weighted by atomic mass is 19.1. The van der Waals surface area contributed by atoms with E-state index in [0.29, 0.717) is 16.7 Å². The minimum absolute atomic E-state index is 0.0456. The number of benzene rings is 2. The van der Waals surface area contributed by atoms with E-state index >= 15 is 0 Å². The molecule has 0 radical (unpaired) electrons. The Labute approximate surface area is 144 Å². The molecule has 0 aliphatic rings. The summed E-state index contributed by atoms with van der Waals surface area (Å²) in [6, 6.07) is 9.63. The van der Waals surface area contributed by atoms with Gasteiger partial charge >= 0.3 is 0 Å². The Morgan fingerprint density at radius 2 is 1.92 bits per heavy atom. The smallest absolute Gasteiger partial charge is 0.261 e. The molecule has 0 amide bonds. The summed E-state index contributed by atoms with van der Waals surface area (Å²) in [5, 5.41) is 10.5. The third kappa shape index (κ3) is 4.03. The minimum Gasteiger partial charge on any atom is -0.491 e. The van der Waals surface area contributed by atoms with Gasteiger partial charge in [-0.2, -0.15) is 0 Å². The number of fused-ring (bicyclic) bond motifs is 1. The normalized spacial score (nSPS) is 12.3. The van der Waals surface area contributed by atoms with Crippen LogP contribution in [0.25, 0.3) is 10.9 Å². The molecule has 0 saturated carbocycles. The Morgan fingerprint density at radius 1 is 1.20 bits per heavy atom. The van der Waals surface area contributed by atoms with Gasteiger partial charge < -0.3 is 9.84 Å². The number of rotatable bonds is 5. The van der Waals surface area contributed by atoms with E-state index < -0.39 is 11.9 Å². The van der Waals surface area contributed by atoms with Crippen molar-refractivity contribution in [2.24, 2.45) is 0 Å². The van der Waals surface area contributed by atoms with E-state index in [2.05, 4.69) is 4.98 Å². The maximum absolute atomic E-state index is 13.2. The maximum Gasteiger partial charge on any atom is 0.261 e. The lowest BCUT2D eigenvalue weighted by Gasteiger charge is -2.14. The van der Waals surface area contributed by atoms with Gasteiger partial charge in [-0.15, -0.1) is 0 Å². The predicted octanol–water partition coefficient (Wildman–Crippen LogP) is 2.59. The average molecular weight is 342 g/mol. The molecule has 0 saturated heterocycles. The second kappa shape index (κ2) is 7.03. The molecule has 3 rings (SSSR count). The molecule has 1 heterocycles. The zero-order valence-corrected chi connectivity index (χ0v) is 14.1. The van der Waals surface area contributed by atoms with Crippen molar-refractivity contribution in [1.82, 2.24) is 9.55 Å². The quantitative estimate of drug-likeness (QED) is 0.774. The molecule has 6 heteroatoms. The molecule has 5 nitrogen and oxygen atoms in total. The fourth-order valence-electron chi connectivity index (χ4n) is 2.75. The third-order valence-electron chi connectivity index (χ3n) is 3.83. The van der Waals surface area contributed by atoms with Gasteiger partial charge in [-0.05, 0) is 49.2 Å². The van der Waals surface area contributed by atoms with Crippen LogP contribution in [-0.2, 0) is 6.54 Å². The number of aromatic nitrogens is 2. The van der Waals surface area contributed by atoms with Crippen LogP contribution in [0.2, 0.25) is 0 Å². The van der Waals surface area contributed by atoms with Gasteiger partial charge in [0.1, 0.15) is 24.3 Å². The van der Waals surface area contributed by atoms with Gasteiger partial charge in [0.2, 0.25) is 0 Å². The molecule has 2 aromatic carbocycles. The maximum atomic E-state index is 13.2. The zero-order valence-electron chi connectivity index (χ0n) is 14.1. The number of halogens is 1. The average Bonchev–Trinajstić information content (AvgIpc) is 2.55. The number of nitrogens with zero attached hydrogens (tertiary/aromatic N) is 2. The first-order valence-corrected chi connectivity index (χ1v) is 7.96. The molecular formula is C19H19FN2O3. The lowest BCUT2D eigenvalue weighted by Crippen LogP contribution is -2.30. The summed E-state index contributed by atoms with van der Waals surface area (Å²) in [4.78, 5) is 16.5. The van der Waals surface area contributed by atoms with E-state index in [1.165, 1.54) is 29.1 Å². The Morgan fingerprint density at radius 3 is 2.64 bits per heavy atom. The topological polar surface area (TPSA) is 64.3 Å². The number of aryl methyl sites for hydroxylation is 2. The minimum atomic E-state index is -0.877. The van der Waals surface area contributed by atoms with E-state index in [1.807, 2.05) is 32.0 Å². The van der Waals surface area contributed by atoms with Crippen molar-refractivity contribution in [2.45, 2.75) is 26.5 Å². The van der Waals surface area contributed by atoms with E-state index in [-0.39, 0.29) is 18.7 Å². The second-order valence-electron chi connectivity index (χ2n) is 6.15. The molecule has 0 aliphatic carbocycles. The zero-order chi connectivity index (χ0) is 18.0. The molecule has 0 aliphatic heterocycles. The molecule has 0 fully saturated rings. The fourth-order valence-corrected chi connectivity index (χ4v) is 2.75. The summed E-state index contributed by atoms with van der Waals surface area (Å²) in [5.74, 6) is 0.232. The summed E-state index contributed by atoms with van der Waals surface area (Å²) in [5.41, 5.74) is 2.12. The number of aliphatic hydroxyl groups excluding tert-OH is 1. The standard InChI is InChI=1S/C19H19FN2O3/c1-12-5-13(2)7-16(6-12)25-10-15(23)9-22-11-21-18-8-14(20)3-4-17(18)19(22)24/h3-8,11,15,23H,9-10H2,1-2H3. The van der Waals surface area contributed by atoms with Crippen LogP contribution in [0.5, 0.6) is 5.75 Å². The summed E-state index contributed by atoms with van der Waals surface area (Å²) in [6.45, 7) is 4.04. The van der Waals surface area contributed by atoms with Gasteiger partial charge in [-0.1, -0.05) is 6.07 Å². The molecule has 0 bridgehead atoms. The Balaban J connectivity index is 1.71. The van der Waals surface area contributed by atoms with Crippen LogP contribution in [0.1, 0.15) is 11.1 Å². The second-order valence-corrected chi connectivity index (χ2v) is 6.15. The van der Waals surface area contributed by atoms with Crippen LogP contribution in [0.15, 0.2) is 47.5 Å². The van der Waals surface area contributed by atoms with Crippen molar-refractivity contribution in [3.05, 3.63) is 70.0 Å². The summed E-state index contributed by atoms with van der Waals surface area (Å²) < 4.78 is 20.1. The highest BCUT2D eigenvalue weighted by Crippen LogP contribution is 2.16. The van der Waals surface area contributed by atoms with E-state index in [9.17, 15) is 14.3 Å². The molecule has 1 unspecified atom stereocenters. The van der Waals surface area contributed by atoms with Gasteiger partial charge in [-0.3, -0.25) is 9.36 Å².